The number of rotatable bonds is 9. The maximum atomic E-state index is 16.4. The number of aliphatic carboxylic acids is 1. The Bertz CT molecular complexity index is 1340. The maximum absolute atomic E-state index is 16.4. The van der Waals surface area contributed by atoms with Crippen LogP contribution in [-0.2, 0) is 20.7 Å². The number of hydrogen-bond acceptors (Lipinski definition) is 7. The zero-order chi connectivity index (χ0) is 26.9. The van der Waals surface area contributed by atoms with Crippen molar-refractivity contribution in [2.45, 2.75) is 57.0 Å². The summed E-state index contributed by atoms with van der Waals surface area (Å²) in [6.07, 6.45) is 2.42. The first-order valence-corrected chi connectivity index (χ1v) is 13.9. The molecule has 0 spiro atoms. The van der Waals surface area contributed by atoms with Gasteiger partial charge in [-0.05, 0) is 68.4 Å². The van der Waals surface area contributed by atoms with Gasteiger partial charge in [0.05, 0.1) is 32.9 Å². The monoisotopic (exact) mass is 563 g/mol. The highest BCUT2D eigenvalue weighted by Crippen LogP contribution is 2.36. The molecule has 1 aliphatic carbocycles. The van der Waals surface area contributed by atoms with Crippen molar-refractivity contribution >= 4 is 55.7 Å². The number of aromatic nitrogens is 1. The van der Waals surface area contributed by atoms with Crippen LogP contribution in [0.4, 0.5) is 19.6 Å². The van der Waals surface area contributed by atoms with Gasteiger partial charge >= 0.3 is 11.9 Å². The second kappa shape index (κ2) is 11.2. The van der Waals surface area contributed by atoms with E-state index in [1.54, 1.807) is 24.3 Å². The van der Waals surface area contributed by atoms with Crippen LogP contribution in [0.3, 0.4) is 0 Å². The number of carboxylic acids is 1. The number of ketones is 1. The Balaban J connectivity index is 1.28. The number of hydrogen-bond donors (Lipinski definition) is 2. The lowest BCUT2D eigenvalue weighted by Crippen LogP contribution is -2.54. The van der Waals surface area contributed by atoms with Crippen molar-refractivity contribution in [2.24, 2.45) is 5.92 Å². The highest BCUT2D eigenvalue weighted by Gasteiger charge is 2.48. The molecule has 38 heavy (non-hydrogen) atoms. The van der Waals surface area contributed by atoms with Gasteiger partial charge in [0, 0.05) is 25.6 Å². The second-order valence-corrected chi connectivity index (χ2v) is 11.3. The lowest BCUT2D eigenvalue weighted by molar-refractivity contribution is -0.252. The predicted octanol–water partition coefficient (Wildman–Crippen LogP) is 6.32. The topological polar surface area (TPSA) is 91.8 Å². The molecular weight excluding hydrogens is 536 g/mol. The number of anilines is 2. The third kappa shape index (κ3) is 5.83. The van der Waals surface area contributed by atoms with Crippen LogP contribution >= 0.6 is 22.9 Å². The van der Waals surface area contributed by atoms with Gasteiger partial charge in [-0.25, -0.2) is 14.3 Å². The van der Waals surface area contributed by atoms with E-state index in [0.29, 0.717) is 65.7 Å². The number of thiazole rings is 1. The molecule has 0 radical (unpaired) electrons. The van der Waals surface area contributed by atoms with E-state index in [1.807, 2.05) is 0 Å². The van der Waals surface area contributed by atoms with E-state index in [0.717, 1.165) is 17.5 Å². The molecule has 1 atom stereocenters. The van der Waals surface area contributed by atoms with Gasteiger partial charge in [-0.15, -0.1) is 0 Å². The molecule has 1 saturated carbocycles. The Morgan fingerprint density at radius 3 is 2.58 bits per heavy atom. The zero-order valence-electron chi connectivity index (χ0n) is 20.6. The second-order valence-electron chi connectivity index (χ2n) is 9.86. The van der Waals surface area contributed by atoms with Crippen LogP contribution in [0.2, 0.25) is 5.02 Å². The molecule has 1 aromatic heterocycles. The number of carbonyl (C=O) groups is 2. The Morgan fingerprint density at radius 2 is 1.89 bits per heavy atom. The number of carbonyl (C=O) groups excluding carboxylic acids is 1. The average molecular weight is 564 g/mol. The van der Waals surface area contributed by atoms with Gasteiger partial charge < -0.3 is 15.2 Å². The van der Waals surface area contributed by atoms with Crippen LogP contribution in [0.5, 0.6) is 0 Å². The standard InChI is InChI=1S/C27H28ClF2N3O4S/c28-20-13-16(3-9-21(20)31-26-32-22-15-18(29)6-10-23(22)38-26)14-24(34)27(30,33-11-1-2-12-33)37-19-7-4-17(5-8-19)25(35)36/h3,6,9-10,13,15,17,19H,1-2,4-5,7-8,11-12,14H2,(H,31,32)(H,35,36)/t17-,19-,27?. The highest BCUT2D eigenvalue weighted by atomic mass is 35.5. The molecule has 2 N–H and O–H groups in total. The fourth-order valence-electron chi connectivity index (χ4n) is 5.10. The summed E-state index contributed by atoms with van der Waals surface area (Å²) < 4.78 is 36.5. The maximum Gasteiger partial charge on any atom is 0.330 e. The quantitative estimate of drug-likeness (QED) is 0.294. The number of carboxylic acid groups (broad SMARTS) is 1. The van der Waals surface area contributed by atoms with E-state index in [-0.39, 0.29) is 12.2 Å². The SMILES string of the molecule is O=C(Cc1ccc(Nc2nc3cc(F)ccc3s2)c(Cl)c1)C(F)(O[C@H]1CC[C@H](C(=O)O)CC1)N1CCCC1. The number of halogens is 3. The fraction of sp³-hybridized carbons (Fsp3) is 0.444. The molecule has 0 bridgehead atoms. The van der Waals surface area contributed by atoms with Gasteiger partial charge in [-0.2, -0.15) is 4.39 Å². The molecule has 7 nitrogen and oxygen atoms in total. The van der Waals surface area contributed by atoms with Gasteiger partial charge in [0.25, 0.3) is 0 Å². The first-order chi connectivity index (χ1) is 18.2. The van der Waals surface area contributed by atoms with Crippen LogP contribution < -0.4 is 5.32 Å². The minimum absolute atomic E-state index is 0.210. The molecule has 2 heterocycles. The smallest absolute Gasteiger partial charge is 0.330 e. The average Bonchev–Trinajstić information content (AvgIpc) is 3.56. The summed E-state index contributed by atoms with van der Waals surface area (Å²) in [5.74, 6) is -4.94. The molecule has 0 amide bonds. The molecule has 1 unspecified atom stereocenters. The van der Waals surface area contributed by atoms with Crippen LogP contribution in [0.15, 0.2) is 36.4 Å². The van der Waals surface area contributed by atoms with Crippen LogP contribution in [0.1, 0.15) is 44.1 Å². The number of Topliss-reactive ketones (excluding diaryl/α,β-unsaturated/α-hetero) is 1. The number of likely N-dealkylation sites (tertiary alicyclic amines) is 1. The predicted molar refractivity (Wildman–Crippen MR) is 142 cm³/mol. The molecule has 1 aliphatic heterocycles. The Kier molecular flexibility index (Phi) is 7.95. The summed E-state index contributed by atoms with van der Waals surface area (Å²) in [5, 5.41) is 13.2. The van der Waals surface area contributed by atoms with E-state index in [4.69, 9.17) is 16.3 Å². The number of nitrogens with one attached hydrogen (secondary N) is 1. The summed E-state index contributed by atoms with van der Waals surface area (Å²) in [4.78, 5) is 30.4. The highest BCUT2D eigenvalue weighted by molar-refractivity contribution is 7.22. The molecule has 11 heteroatoms. The minimum atomic E-state index is -2.57. The van der Waals surface area contributed by atoms with E-state index in [1.165, 1.54) is 28.4 Å². The number of fused-ring (bicyclic) bond motifs is 1. The fourth-order valence-corrected chi connectivity index (χ4v) is 6.21. The normalized spacial score (nSPS) is 21.9. The summed E-state index contributed by atoms with van der Waals surface area (Å²) in [5.41, 5.74) is 1.63. The lowest BCUT2D eigenvalue weighted by atomic mass is 9.87. The largest absolute Gasteiger partial charge is 0.481 e. The van der Waals surface area contributed by atoms with E-state index < -0.39 is 29.8 Å². The van der Waals surface area contributed by atoms with Crippen molar-refractivity contribution in [2.75, 3.05) is 18.4 Å². The van der Waals surface area contributed by atoms with Crippen molar-refractivity contribution in [3.05, 3.63) is 52.8 Å². The lowest BCUT2D eigenvalue weighted by Gasteiger charge is -2.37. The summed E-state index contributed by atoms with van der Waals surface area (Å²) in [6, 6.07) is 9.39. The van der Waals surface area contributed by atoms with Crippen molar-refractivity contribution in [3.8, 4) is 0 Å². The van der Waals surface area contributed by atoms with Crippen molar-refractivity contribution in [3.63, 3.8) is 0 Å². The molecule has 2 aromatic carbocycles. The van der Waals surface area contributed by atoms with Gasteiger partial charge in [0.1, 0.15) is 5.82 Å². The molecule has 1 saturated heterocycles. The number of nitrogens with zero attached hydrogens (tertiary/aromatic N) is 2. The molecule has 3 aromatic rings. The summed E-state index contributed by atoms with van der Waals surface area (Å²) in [6.45, 7) is 0.838. The first-order valence-electron chi connectivity index (χ1n) is 12.7. The van der Waals surface area contributed by atoms with Gasteiger partial charge in [-0.3, -0.25) is 9.59 Å². The third-order valence-corrected chi connectivity index (χ3v) is 8.46. The van der Waals surface area contributed by atoms with Gasteiger partial charge in [0.15, 0.2) is 5.13 Å². The van der Waals surface area contributed by atoms with E-state index >= 15 is 4.39 Å². The zero-order valence-corrected chi connectivity index (χ0v) is 22.2. The molecular formula is C27H28ClF2N3O4S. The summed E-state index contributed by atoms with van der Waals surface area (Å²) in [7, 11) is 0. The third-order valence-electron chi connectivity index (χ3n) is 7.19. The van der Waals surface area contributed by atoms with Crippen molar-refractivity contribution in [1.82, 2.24) is 9.88 Å². The molecule has 2 aliphatic rings. The molecule has 5 rings (SSSR count). The first kappa shape index (κ1) is 26.9. The van der Waals surface area contributed by atoms with Crippen LogP contribution in [0, 0.1) is 11.7 Å². The minimum Gasteiger partial charge on any atom is -0.481 e. The van der Waals surface area contributed by atoms with Crippen LogP contribution in [-0.4, -0.2) is 51.9 Å². The van der Waals surface area contributed by atoms with Crippen molar-refractivity contribution in [1.29, 1.82) is 0 Å². The Labute approximate surface area is 227 Å². The Hall–Kier alpha value is -2.66. The number of alkyl halides is 1. The number of ether oxygens (including phenoxy) is 1. The van der Waals surface area contributed by atoms with Crippen molar-refractivity contribution < 1.29 is 28.2 Å². The Morgan fingerprint density at radius 1 is 1.16 bits per heavy atom. The van der Waals surface area contributed by atoms with Gasteiger partial charge in [0.2, 0.25) is 5.78 Å². The molecule has 202 valence electrons. The van der Waals surface area contributed by atoms with E-state index in [9.17, 15) is 19.1 Å². The van der Waals surface area contributed by atoms with E-state index in [2.05, 4.69) is 10.3 Å². The molecule has 2 fully saturated rings. The summed E-state index contributed by atoms with van der Waals surface area (Å²) >= 11 is 7.84. The number of benzene rings is 2. The van der Waals surface area contributed by atoms with Gasteiger partial charge in [-0.1, -0.05) is 29.0 Å². The van der Waals surface area contributed by atoms with Crippen LogP contribution in [0.25, 0.3) is 10.2 Å².